The van der Waals surface area contributed by atoms with E-state index in [2.05, 4.69) is 4.98 Å². The minimum absolute atomic E-state index is 0.287. The minimum Gasteiger partial charge on any atom is -0.315 e. The second-order valence-corrected chi connectivity index (χ2v) is 4.98. The first-order chi connectivity index (χ1) is 9.21. The maximum absolute atomic E-state index is 13.8. The fourth-order valence-corrected chi connectivity index (χ4v) is 2.94. The summed E-state index contributed by atoms with van der Waals surface area (Å²) in [5, 5.41) is 0.659. The van der Waals surface area contributed by atoms with E-state index in [1.807, 2.05) is 13.8 Å². The Hall–Kier alpha value is -1.75. The zero-order valence-electron chi connectivity index (χ0n) is 10.9. The molecule has 5 heteroatoms. The Morgan fingerprint density at radius 3 is 2.63 bits per heavy atom. The molecule has 0 spiro atoms. The second kappa shape index (κ2) is 5.93. The van der Waals surface area contributed by atoms with Crippen LogP contribution in [0.2, 0.25) is 0 Å². The SMILES string of the molecule is CCc1nc(N(CC)c2ccccc2F)sc1C=O. The molecule has 0 bridgehead atoms. The number of halogens is 1. The number of carbonyl (C=O) groups is 1. The van der Waals surface area contributed by atoms with Crippen molar-refractivity contribution in [1.29, 1.82) is 0 Å². The molecular weight excluding hydrogens is 263 g/mol. The van der Waals surface area contributed by atoms with Gasteiger partial charge in [-0.15, -0.1) is 0 Å². The van der Waals surface area contributed by atoms with Gasteiger partial charge in [0.1, 0.15) is 5.82 Å². The third-order valence-electron chi connectivity index (χ3n) is 2.85. The van der Waals surface area contributed by atoms with Crippen LogP contribution in [0.25, 0.3) is 0 Å². The van der Waals surface area contributed by atoms with Gasteiger partial charge in [-0.3, -0.25) is 4.79 Å². The molecule has 0 aliphatic heterocycles. The smallest absolute Gasteiger partial charge is 0.190 e. The number of nitrogens with zero attached hydrogens (tertiary/aromatic N) is 2. The molecule has 1 aromatic carbocycles. The molecule has 0 amide bonds. The number of benzene rings is 1. The van der Waals surface area contributed by atoms with Crippen molar-refractivity contribution in [1.82, 2.24) is 4.98 Å². The lowest BCUT2D eigenvalue weighted by Gasteiger charge is -2.20. The fraction of sp³-hybridized carbons (Fsp3) is 0.286. The van der Waals surface area contributed by atoms with Crippen LogP contribution in [0, 0.1) is 5.82 Å². The van der Waals surface area contributed by atoms with Crippen molar-refractivity contribution < 1.29 is 9.18 Å². The van der Waals surface area contributed by atoms with Crippen LogP contribution in [0.4, 0.5) is 15.2 Å². The van der Waals surface area contributed by atoms with E-state index in [4.69, 9.17) is 0 Å². The van der Waals surface area contributed by atoms with E-state index in [1.54, 1.807) is 23.1 Å². The molecule has 0 atom stereocenters. The Balaban J connectivity index is 2.45. The molecule has 0 saturated heterocycles. The van der Waals surface area contributed by atoms with E-state index < -0.39 is 0 Å². The average Bonchev–Trinajstić information content (AvgIpc) is 2.85. The summed E-state index contributed by atoms with van der Waals surface area (Å²) in [6.07, 6.45) is 1.51. The van der Waals surface area contributed by atoms with Crippen LogP contribution >= 0.6 is 11.3 Å². The highest BCUT2D eigenvalue weighted by molar-refractivity contribution is 7.17. The van der Waals surface area contributed by atoms with Crippen LogP contribution < -0.4 is 4.90 Å². The topological polar surface area (TPSA) is 33.2 Å². The highest BCUT2D eigenvalue weighted by Crippen LogP contribution is 2.32. The van der Waals surface area contributed by atoms with Crippen molar-refractivity contribution in [2.45, 2.75) is 20.3 Å². The molecule has 1 aromatic heterocycles. The Morgan fingerprint density at radius 1 is 1.37 bits per heavy atom. The van der Waals surface area contributed by atoms with Crippen LogP contribution in [0.3, 0.4) is 0 Å². The molecule has 0 radical (unpaired) electrons. The number of para-hydroxylation sites is 1. The molecule has 0 unspecified atom stereocenters. The number of rotatable bonds is 5. The van der Waals surface area contributed by atoms with Gasteiger partial charge in [0.2, 0.25) is 0 Å². The molecule has 100 valence electrons. The van der Waals surface area contributed by atoms with E-state index >= 15 is 0 Å². The van der Waals surface area contributed by atoms with Crippen LogP contribution in [-0.4, -0.2) is 17.8 Å². The van der Waals surface area contributed by atoms with Crippen molar-refractivity contribution in [2.24, 2.45) is 0 Å². The quantitative estimate of drug-likeness (QED) is 0.780. The lowest BCUT2D eigenvalue weighted by Crippen LogP contribution is -2.17. The molecule has 2 rings (SSSR count). The third kappa shape index (κ3) is 2.66. The Morgan fingerprint density at radius 2 is 2.11 bits per heavy atom. The highest BCUT2D eigenvalue weighted by atomic mass is 32.1. The molecule has 0 saturated carbocycles. The largest absolute Gasteiger partial charge is 0.315 e. The maximum Gasteiger partial charge on any atom is 0.190 e. The molecule has 3 nitrogen and oxygen atoms in total. The van der Waals surface area contributed by atoms with Gasteiger partial charge in [-0.2, -0.15) is 0 Å². The highest BCUT2D eigenvalue weighted by Gasteiger charge is 2.17. The number of anilines is 2. The van der Waals surface area contributed by atoms with Crippen molar-refractivity contribution in [3.05, 3.63) is 40.7 Å². The predicted molar refractivity (Wildman–Crippen MR) is 76.0 cm³/mol. The van der Waals surface area contributed by atoms with Crippen LogP contribution in [0.5, 0.6) is 0 Å². The monoisotopic (exact) mass is 278 g/mol. The number of aldehydes is 1. The number of carbonyl (C=O) groups excluding carboxylic acids is 1. The summed E-state index contributed by atoms with van der Waals surface area (Å²) in [4.78, 5) is 17.8. The van der Waals surface area contributed by atoms with Gasteiger partial charge in [0.25, 0.3) is 0 Å². The van der Waals surface area contributed by atoms with Gasteiger partial charge in [-0.25, -0.2) is 9.37 Å². The van der Waals surface area contributed by atoms with Gasteiger partial charge in [0.15, 0.2) is 11.4 Å². The molecule has 19 heavy (non-hydrogen) atoms. The number of aromatic nitrogens is 1. The number of hydrogen-bond acceptors (Lipinski definition) is 4. The van der Waals surface area contributed by atoms with Crippen LogP contribution in [-0.2, 0) is 6.42 Å². The van der Waals surface area contributed by atoms with Crippen molar-refractivity contribution in [3.63, 3.8) is 0 Å². The zero-order valence-corrected chi connectivity index (χ0v) is 11.7. The van der Waals surface area contributed by atoms with Crippen molar-refractivity contribution in [3.8, 4) is 0 Å². The third-order valence-corrected chi connectivity index (χ3v) is 3.89. The maximum atomic E-state index is 13.8. The van der Waals surface area contributed by atoms with E-state index in [1.165, 1.54) is 17.4 Å². The summed E-state index contributed by atoms with van der Waals surface area (Å²) in [5.41, 5.74) is 1.25. The minimum atomic E-state index is -0.287. The first-order valence-electron chi connectivity index (χ1n) is 6.18. The number of thiazole rings is 1. The van der Waals surface area contributed by atoms with Gasteiger partial charge in [0, 0.05) is 6.54 Å². The van der Waals surface area contributed by atoms with Crippen molar-refractivity contribution >= 4 is 28.4 Å². The summed E-state index contributed by atoms with van der Waals surface area (Å²) in [7, 11) is 0. The van der Waals surface area contributed by atoms with E-state index in [0.717, 1.165) is 12.0 Å². The van der Waals surface area contributed by atoms with Crippen LogP contribution in [0.15, 0.2) is 24.3 Å². The van der Waals surface area contributed by atoms with E-state index in [9.17, 15) is 9.18 Å². The van der Waals surface area contributed by atoms with E-state index in [0.29, 0.717) is 28.7 Å². The number of hydrogen-bond donors (Lipinski definition) is 0. The van der Waals surface area contributed by atoms with Gasteiger partial charge in [0.05, 0.1) is 16.3 Å². The zero-order chi connectivity index (χ0) is 13.8. The normalized spacial score (nSPS) is 10.5. The first-order valence-corrected chi connectivity index (χ1v) is 6.99. The van der Waals surface area contributed by atoms with Gasteiger partial charge in [-0.1, -0.05) is 30.4 Å². The summed E-state index contributed by atoms with van der Waals surface area (Å²) < 4.78 is 13.8. The van der Waals surface area contributed by atoms with Gasteiger partial charge >= 0.3 is 0 Å². The second-order valence-electron chi connectivity index (χ2n) is 3.97. The lowest BCUT2D eigenvalue weighted by molar-refractivity contribution is 0.112. The predicted octanol–water partition coefficient (Wildman–Crippen LogP) is 3.82. The van der Waals surface area contributed by atoms with Crippen LogP contribution in [0.1, 0.15) is 29.2 Å². The molecule has 0 aliphatic carbocycles. The van der Waals surface area contributed by atoms with Gasteiger partial charge in [-0.05, 0) is 25.5 Å². The molecular formula is C14H15FN2OS. The molecule has 0 fully saturated rings. The lowest BCUT2D eigenvalue weighted by atomic mass is 10.3. The standard InChI is InChI=1S/C14H15FN2OS/c1-3-11-13(9-18)19-14(16-11)17(4-2)12-8-6-5-7-10(12)15/h5-9H,3-4H2,1-2H3. The van der Waals surface area contributed by atoms with Crippen molar-refractivity contribution in [2.75, 3.05) is 11.4 Å². The molecule has 0 N–H and O–H groups in total. The van der Waals surface area contributed by atoms with E-state index in [-0.39, 0.29) is 5.82 Å². The van der Waals surface area contributed by atoms with Gasteiger partial charge < -0.3 is 4.90 Å². The Bertz CT molecular complexity index is 583. The molecule has 1 heterocycles. The molecule has 0 aliphatic rings. The summed E-state index contributed by atoms with van der Waals surface area (Å²) >= 11 is 1.30. The Kier molecular flexibility index (Phi) is 4.27. The average molecular weight is 278 g/mol. The summed E-state index contributed by atoms with van der Waals surface area (Å²) in [6, 6.07) is 6.58. The summed E-state index contributed by atoms with van der Waals surface area (Å²) in [6.45, 7) is 4.47. The Labute approximate surface area is 115 Å². The first kappa shape index (κ1) is 13.7. The summed E-state index contributed by atoms with van der Waals surface area (Å²) in [5.74, 6) is -0.287. The fourth-order valence-electron chi connectivity index (χ4n) is 1.89. The number of aryl methyl sites for hydroxylation is 1. The molecule has 2 aromatic rings.